The molecule has 1 aliphatic rings. The molecule has 1 N–H and O–H groups in total. The van der Waals surface area contributed by atoms with Crippen LogP contribution in [0.15, 0.2) is 59.4 Å². The van der Waals surface area contributed by atoms with E-state index in [1.165, 1.54) is 12.1 Å². The van der Waals surface area contributed by atoms with Crippen molar-refractivity contribution in [1.29, 1.82) is 0 Å². The summed E-state index contributed by atoms with van der Waals surface area (Å²) in [7, 11) is 0. The van der Waals surface area contributed by atoms with Crippen LogP contribution in [-0.2, 0) is 0 Å². The van der Waals surface area contributed by atoms with Gasteiger partial charge in [-0.25, -0.2) is 4.39 Å². The first-order chi connectivity index (χ1) is 12.6. The summed E-state index contributed by atoms with van der Waals surface area (Å²) < 4.78 is 13.1. The van der Waals surface area contributed by atoms with Gasteiger partial charge in [0.2, 0.25) is 0 Å². The number of nitrogens with zero attached hydrogens (tertiary/aromatic N) is 2. The van der Waals surface area contributed by atoms with Crippen LogP contribution in [0.5, 0.6) is 0 Å². The number of H-pyrrole nitrogens is 1. The maximum absolute atomic E-state index is 13.1. The molecule has 2 aromatic carbocycles. The lowest BCUT2D eigenvalue weighted by atomic mass is 10.1. The van der Waals surface area contributed by atoms with Gasteiger partial charge in [-0.3, -0.25) is 9.59 Å². The van der Waals surface area contributed by atoms with E-state index in [0.29, 0.717) is 37.3 Å². The van der Waals surface area contributed by atoms with Crippen molar-refractivity contribution in [2.24, 2.45) is 0 Å². The van der Waals surface area contributed by atoms with Crippen LogP contribution in [-0.4, -0.2) is 42.0 Å². The molecule has 4 rings (SSSR count). The predicted molar refractivity (Wildman–Crippen MR) is 99.1 cm³/mol. The summed E-state index contributed by atoms with van der Waals surface area (Å²) in [5.74, 6) is -0.436. The van der Waals surface area contributed by atoms with Crippen molar-refractivity contribution in [3.05, 3.63) is 76.5 Å². The number of aromatic amines is 1. The van der Waals surface area contributed by atoms with Crippen molar-refractivity contribution < 1.29 is 9.18 Å². The second-order valence-electron chi connectivity index (χ2n) is 6.36. The number of carbonyl (C=O) groups is 1. The number of fused-ring (bicyclic) bond motifs is 1. The smallest absolute Gasteiger partial charge is 0.270 e. The molecule has 1 amide bonds. The topological polar surface area (TPSA) is 56.4 Å². The maximum Gasteiger partial charge on any atom is 0.270 e. The number of pyridine rings is 1. The highest BCUT2D eigenvalue weighted by Crippen LogP contribution is 2.18. The van der Waals surface area contributed by atoms with E-state index in [1.54, 1.807) is 35.2 Å². The van der Waals surface area contributed by atoms with Crippen molar-refractivity contribution in [2.45, 2.75) is 0 Å². The Morgan fingerprint density at radius 2 is 1.65 bits per heavy atom. The Labute approximate surface area is 149 Å². The number of nitrogens with one attached hydrogen (secondary N) is 1. The Hall–Kier alpha value is -3.15. The average Bonchev–Trinajstić information content (AvgIpc) is 2.68. The van der Waals surface area contributed by atoms with E-state index in [1.807, 2.05) is 12.1 Å². The third kappa shape index (κ3) is 3.06. The number of hydrogen-bond acceptors (Lipinski definition) is 3. The summed E-state index contributed by atoms with van der Waals surface area (Å²) >= 11 is 0. The zero-order chi connectivity index (χ0) is 18.1. The van der Waals surface area contributed by atoms with Gasteiger partial charge in [-0.1, -0.05) is 18.2 Å². The fourth-order valence-electron chi connectivity index (χ4n) is 3.32. The van der Waals surface area contributed by atoms with E-state index in [2.05, 4.69) is 9.88 Å². The lowest BCUT2D eigenvalue weighted by Crippen LogP contribution is -2.49. The van der Waals surface area contributed by atoms with Crippen molar-refractivity contribution in [3.8, 4) is 0 Å². The normalized spacial score (nSPS) is 14.7. The summed E-state index contributed by atoms with van der Waals surface area (Å²) in [5, 5.41) is 1.33. The maximum atomic E-state index is 13.1. The molecule has 0 radical (unpaired) electrons. The van der Waals surface area contributed by atoms with Gasteiger partial charge >= 0.3 is 0 Å². The highest BCUT2D eigenvalue weighted by molar-refractivity contribution is 5.96. The molecular weight excluding hydrogens is 333 g/mol. The minimum atomic E-state index is -0.261. The molecule has 0 aliphatic carbocycles. The third-order valence-corrected chi connectivity index (χ3v) is 4.74. The Balaban J connectivity index is 1.50. The number of rotatable bonds is 2. The van der Waals surface area contributed by atoms with Crippen LogP contribution < -0.4 is 10.5 Å². The molecule has 1 aromatic heterocycles. The van der Waals surface area contributed by atoms with Crippen LogP contribution in [0.3, 0.4) is 0 Å². The first-order valence-electron chi connectivity index (χ1n) is 8.54. The Kier molecular flexibility index (Phi) is 4.16. The van der Waals surface area contributed by atoms with Gasteiger partial charge in [0, 0.05) is 37.3 Å². The number of hydrogen-bond donors (Lipinski definition) is 1. The van der Waals surface area contributed by atoms with Crippen molar-refractivity contribution in [1.82, 2.24) is 9.88 Å². The highest BCUT2D eigenvalue weighted by Gasteiger charge is 2.23. The Bertz CT molecular complexity index is 1010. The minimum Gasteiger partial charge on any atom is -0.368 e. The van der Waals surface area contributed by atoms with Gasteiger partial charge < -0.3 is 14.8 Å². The van der Waals surface area contributed by atoms with Gasteiger partial charge in [0.1, 0.15) is 11.5 Å². The predicted octanol–water partition coefficient (Wildman–Crippen LogP) is 2.63. The molecule has 1 aliphatic heterocycles. The van der Waals surface area contributed by atoms with E-state index in [-0.39, 0.29) is 17.3 Å². The number of benzene rings is 2. The fraction of sp³-hybridized carbons (Fsp3) is 0.200. The summed E-state index contributed by atoms with van der Waals surface area (Å²) in [6.45, 7) is 2.42. The molecule has 2 heterocycles. The molecule has 0 spiro atoms. The SMILES string of the molecule is O=C(c1cc2ccccc2c(=O)[nH]1)N1CCN(c2ccc(F)cc2)CC1. The van der Waals surface area contributed by atoms with Crippen LogP contribution in [0.4, 0.5) is 10.1 Å². The molecule has 26 heavy (non-hydrogen) atoms. The molecule has 132 valence electrons. The van der Waals surface area contributed by atoms with Gasteiger partial charge in [-0.15, -0.1) is 0 Å². The van der Waals surface area contributed by atoms with Crippen molar-refractivity contribution in [2.75, 3.05) is 31.1 Å². The highest BCUT2D eigenvalue weighted by atomic mass is 19.1. The molecule has 0 saturated carbocycles. The largest absolute Gasteiger partial charge is 0.368 e. The van der Waals surface area contributed by atoms with E-state index >= 15 is 0 Å². The molecule has 5 nitrogen and oxygen atoms in total. The Morgan fingerprint density at radius 3 is 2.38 bits per heavy atom. The molecule has 6 heteroatoms. The molecule has 0 atom stereocenters. The number of piperazine rings is 1. The summed E-state index contributed by atoms with van der Waals surface area (Å²) in [4.78, 5) is 31.5. The second kappa shape index (κ2) is 6.63. The summed E-state index contributed by atoms with van der Waals surface area (Å²) in [6.07, 6.45) is 0. The number of carbonyl (C=O) groups excluding carboxylic acids is 1. The number of aromatic nitrogens is 1. The number of halogens is 1. The second-order valence-corrected chi connectivity index (χ2v) is 6.36. The molecule has 0 bridgehead atoms. The quantitative estimate of drug-likeness (QED) is 0.772. The van der Waals surface area contributed by atoms with Gasteiger partial charge in [0.15, 0.2) is 0 Å². The first-order valence-corrected chi connectivity index (χ1v) is 8.54. The number of anilines is 1. The lowest BCUT2D eigenvalue weighted by Gasteiger charge is -2.36. The summed E-state index contributed by atoms with van der Waals surface area (Å²) in [5.41, 5.74) is 0.998. The van der Waals surface area contributed by atoms with Gasteiger partial charge in [0.25, 0.3) is 11.5 Å². The number of amides is 1. The van der Waals surface area contributed by atoms with E-state index in [9.17, 15) is 14.0 Å². The van der Waals surface area contributed by atoms with Crippen LogP contribution in [0.25, 0.3) is 10.8 Å². The first kappa shape index (κ1) is 16.3. The summed E-state index contributed by atoms with van der Waals surface area (Å²) in [6, 6.07) is 15.3. The van der Waals surface area contributed by atoms with Gasteiger partial charge in [-0.05, 0) is 41.8 Å². The van der Waals surface area contributed by atoms with Crippen molar-refractivity contribution in [3.63, 3.8) is 0 Å². The molecule has 1 fully saturated rings. The standard InChI is InChI=1S/C20H18FN3O2/c21-15-5-7-16(8-6-15)23-9-11-24(12-10-23)20(26)18-13-14-3-1-2-4-17(14)19(25)22-18/h1-8,13H,9-12H2,(H,22,25). The minimum absolute atomic E-state index is 0.174. The van der Waals surface area contributed by atoms with Gasteiger partial charge in [0.05, 0.1) is 0 Å². The zero-order valence-corrected chi connectivity index (χ0v) is 14.1. The van der Waals surface area contributed by atoms with Crippen LogP contribution in [0.1, 0.15) is 10.5 Å². The van der Waals surface area contributed by atoms with Crippen molar-refractivity contribution >= 4 is 22.4 Å². The molecular formula is C20H18FN3O2. The molecule has 3 aromatic rings. The van der Waals surface area contributed by atoms with Gasteiger partial charge in [-0.2, -0.15) is 0 Å². The lowest BCUT2D eigenvalue weighted by molar-refractivity contribution is 0.0741. The zero-order valence-electron chi connectivity index (χ0n) is 14.1. The van der Waals surface area contributed by atoms with Crippen LogP contribution in [0.2, 0.25) is 0 Å². The third-order valence-electron chi connectivity index (χ3n) is 4.74. The van der Waals surface area contributed by atoms with Crippen LogP contribution in [0, 0.1) is 5.82 Å². The van der Waals surface area contributed by atoms with E-state index in [4.69, 9.17) is 0 Å². The van der Waals surface area contributed by atoms with Crippen LogP contribution >= 0.6 is 0 Å². The van der Waals surface area contributed by atoms with E-state index < -0.39 is 0 Å². The average molecular weight is 351 g/mol. The molecule has 1 saturated heterocycles. The molecule has 0 unspecified atom stereocenters. The Morgan fingerprint density at radius 1 is 0.962 bits per heavy atom. The monoisotopic (exact) mass is 351 g/mol. The van der Waals surface area contributed by atoms with E-state index in [0.717, 1.165) is 11.1 Å². The fourth-order valence-corrected chi connectivity index (χ4v) is 3.32.